The lowest BCUT2D eigenvalue weighted by Gasteiger charge is -2.16. The summed E-state index contributed by atoms with van der Waals surface area (Å²) in [5.41, 5.74) is -2.57. The topological polar surface area (TPSA) is 68.5 Å². The molecule has 5 nitrogen and oxygen atoms in total. The largest absolute Gasteiger partial charge is 0.496 e. The van der Waals surface area contributed by atoms with Gasteiger partial charge >= 0.3 is 12.1 Å². The van der Waals surface area contributed by atoms with Crippen molar-refractivity contribution in [2.75, 3.05) is 7.11 Å². The van der Waals surface area contributed by atoms with Crippen molar-refractivity contribution in [2.45, 2.75) is 12.7 Å². The van der Waals surface area contributed by atoms with Crippen LogP contribution in [0.1, 0.15) is 21.5 Å². The van der Waals surface area contributed by atoms with Gasteiger partial charge < -0.3 is 14.4 Å². The molecule has 0 spiro atoms. The SMILES string of the molecule is COc1ccc(Cn2cc(C(=O)O)c(=O)c3cccc(F)c32)cc1C(F)(F)F. The van der Waals surface area contributed by atoms with E-state index >= 15 is 0 Å². The number of ether oxygens (including phenoxy) is 1. The van der Waals surface area contributed by atoms with Crippen LogP contribution in [-0.2, 0) is 12.7 Å². The van der Waals surface area contributed by atoms with Crippen LogP contribution in [0.15, 0.2) is 47.4 Å². The van der Waals surface area contributed by atoms with Crippen molar-refractivity contribution in [1.29, 1.82) is 0 Å². The predicted octanol–water partition coefficient (Wildman–Crippen LogP) is 3.91. The van der Waals surface area contributed by atoms with Gasteiger partial charge in [-0.05, 0) is 29.8 Å². The van der Waals surface area contributed by atoms with Crippen molar-refractivity contribution in [2.24, 2.45) is 0 Å². The summed E-state index contributed by atoms with van der Waals surface area (Å²) in [6, 6.07) is 6.90. The van der Waals surface area contributed by atoms with E-state index in [9.17, 15) is 32.3 Å². The molecule has 0 aliphatic rings. The molecule has 0 atom stereocenters. The van der Waals surface area contributed by atoms with Crippen molar-refractivity contribution in [1.82, 2.24) is 4.57 Å². The van der Waals surface area contributed by atoms with Crippen LogP contribution in [-0.4, -0.2) is 22.8 Å². The molecule has 3 rings (SSSR count). The number of nitrogens with zero attached hydrogens (tertiary/aromatic N) is 1. The van der Waals surface area contributed by atoms with Gasteiger partial charge in [-0.2, -0.15) is 13.2 Å². The van der Waals surface area contributed by atoms with Crippen LogP contribution >= 0.6 is 0 Å². The van der Waals surface area contributed by atoms with E-state index in [1.807, 2.05) is 0 Å². The summed E-state index contributed by atoms with van der Waals surface area (Å²) in [6.07, 6.45) is -3.75. The Hall–Kier alpha value is -3.36. The zero-order valence-electron chi connectivity index (χ0n) is 14.4. The third-order valence-corrected chi connectivity index (χ3v) is 4.20. The summed E-state index contributed by atoms with van der Waals surface area (Å²) in [5.74, 6) is -2.69. The standard InChI is InChI=1S/C19H13F4NO4/c1-28-15-6-5-10(7-13(15)19(21,22)23)8-24-9-12(18(26)27)17(25)11-3-2-4-14(20)16(11)24/h2-7,9H,8H2,1H3,(H,26,27). The highest BCUT2D eigenvalue weighted by Crippen LogP contribution is 2.37. The van der Waals surface area contributed by atoms with E-state index in [2.05, 4.69) is 0 Å². The van der Waals surface area contributed by atoms with Gasteiger partial charge in [0, 0.05) is 18.1 Å². The Kier molecular flexibility index (Phi) is 4.84. The number of fused-ring (bicyclic) bond motifs is 1. The lowest BCUT2D eigenvalue weighted by atomic mass is 10.1. The molecule has 28 heavy (non-hydrogen) atoms. The van der Waals surface area contributed by atoms with Gasteiger partial charge in [-0.25, -0.2) is 9.18 Å². The molecule has 146 valence electrons. The Balaban J connectivity index is 2.22. The molecular weight excluding hydrogens is 382 g/mol. The number of aromatic nitrogens is 1. The maximum Gasteiger partial charge on any atom is 0.419 e. The number of aromatic carboxylic acids is 1. The lowest BCUT2D eigenvalue weighted by Crippen LogP contribution is -2.20. The van der Waals surface area contributed by atoms with Gasteiger partial charge in [0.15, 0.2) is 0 Å². The van der Waals surface area contributed by atoms with E-state index in [4.69, 9.17) is 4.74 Å². The minimum absolute atomic E-state index is 0.123. The van der Waals surface area contributed by atoms with E-state index in [0.717, 1.165) is 36.1 Å². The molecule has 1 N–H and O–H groups in total. The van der Waals surface area contributed by atoms with Gasteiger partial charge in [-0.15, -0.1) is 0 Å². The monoisotopic (exact) mass is 395 g/mol. The van der Waals surface area contributed by atoms with E-state index in [0.29, 0.717) is 0 Å². The molecule has 0 saturated carbocycles. The molecule has 0 bridgehead atoms. The quantitative estimate of drug-likeness (QED) is 0.680. The summed E-state index contributed by atoms with van der Waals surface area (Å²) in [6.45, 7) is -0.287. The first-order chi connectivity index (χ1) is 13.1. The number of hydrogen-bond donors (Lipinski definition) is 1. The number of benzene rings is 2. The van der Waals surface area contributed by atoms with Crippen LogP contribution < -0.4 is 10.2 Å². The number of halogens is 4. The lowest BCUT2D eigenvalue weighted by molar-refractivity contribution is -0.138. The van der Waals surface area contributed by atoms with Gasteiger partial charge in [0.1, 0.15) is 17.1 Å². The third kappa shape index (κ3) is 3.42. The first-order valence-electron chi connectivity index (χ1n) is 7.92. The highest BCUT2D eigenvalue weighted by atomic mass is 19.4. The first kappa shape index (κ1) is 19.4. The Labute approximate surface area is 155 Å². The Morgan fingerprint density at radius 2 is 1.93 bits per heavy atom. The number of methoxy groups -OCH3 is 1. The summed E-state index contributed by atoms with van der Waals surface area (Å²) in [5, 5.41) is 9.06. The van der Waals surface area contributed by atoms with Crippen molar-refractivity contribution >= 4 is 16.9 Å². The maximum atomic E-state index is 14.3. The minimum atomic E-state index is -4.68. The van der Waals surface area contributed by atoms with Crippen molar-refractivity contribution in [3.05, 3.63) is 75.3 Å². The number of carbonyl (C=O) groups is 1. The number of carboxylic acid groups (broad SMARTS) is 1. The molecule has 0 unspecified atom stereocenters. The maximum absolute atomic E-state index is 14.3. The van der Waals surface area contributed by atoms with Crippen molar-refractivity contribution < 1.29 is 32.2 Å². The summed E-state index contributed by atoms with van der Waals surface area (Å²) >= 11 is 0. The minimum Gasteiger partial charge on any atom is -0.496 e. The molecule has 0 radical (unpaired) electrons. The first-order valence-corrected chi connectivity index (χ1v) is 7.92. The zero-order valence-corrected chi connectivity index (χ0v) is 14.4. The predicted molar refractivity (Wildman–Crippen MR) is 92.2 cm³/mol. The van der Waals surface area contributed by atoms with Crippen molar-refractivity contribution in [3.8, 4) is 5.75 Å². The van der Waals surface area contributed by atoms with Crippen LogP contribution in [0.25, 0.3) is 10.9 Å². The van der Waals surface area contributed by atoms with Gasteiger partial charge in [0.05, 0.1) is 18.2 Å². The Morgan fingerprint density at radius 3 is 2.54 bits per heavy atom. The summed E-state index contributed by atoms with van der Waals surface area (Å²) < 4.78 is 59.9. The zero-order chi connectivity index (χ0) is 20.6. The summed E-state index contributed by atoms with van der Waals surface area (Å²) in [4.78, 5) is 23.6. The molecule has 2 aromatic carbocycles. The van der Waals surface area contributed by atoms with Gasteiger partial charge in [0.2, 0.25) is 5.43 Å². The van der Waals surface area contributed by atoms with Crippen molar-refractivity contribution in [3.63, 3.8) is 0 Å². The van der Waals surface area contributed by atoms with Crippen LogP contribution in [0, 0.1) is 5.82 Å². The molecule has 0 aliphatic heterocycles. The molecular formula is C19H13F4NO4. The molecule has 9 heteroatoms. The average Bonchev–Trinajstić information content (AvgIpc) is 2.63. The fourth-order valence-corrected chi connectivity index (χ4v) is 2.96. The molecule has 1 aromatic heterocycles. The normalized spacial score (nSPS) is 11.6. The highest BCUT2D eigenvalue weighted by molar-refractivity contribution is 5.92. The average molecular weight is 395 g/mol. The smallest absolute Gasteiger partial charge is 0.419 e. The molecule has 3 aromatic rings. The Bertz CT molecular complexity index is 1140. The number of carboxylic acids is 1. The summed E-state index contributed by atoms with van der Waals surface area (Å²) in [7, 11) is 1.11. The second-order valence-electron chi connectivity index (χ2n) is 5.97. The number of para-hydroxylation sites is 1. The highest BCUT2D eigenvalue weighted by Gasteiger charge is 2.34. The fourth-order valence-electron chi connectivity index (χ4n) is 2.96. The van der Waals surface area contributed by atoms with Crippen LogP contribution in [0.2, 0.25) is 0 Å². The van der Waals surface area contributed by atoms with E-state index in [1.54, 1.807) is 0 Å². The van der Waals surface area contributed by atoms with Crippen LogP contribution in [0.3, 0.4) is 0 Å². The second kappa shape index (κ2) is 6.99. The Morgan fingerprint density at radius 1 is 1.21 bits per heavy atom. The molecule has 0 fully saturated rings. The van der Waals surface area contributed by atoms with E-state index in [1.165, 1.54) is 18.2 Å². The van der Waals surface area contributed by atoms with E-state index in [-0.39, 0.29) is 28.8 Å². The van der Waals surface area contributed by atoms with E-state index < -0.39 is 34.5 Å². The van der Waals surface area contributed by atoms with Gasteiger partial charge in [0.25, 0.3) is 0 Å². The number of pyridine rings is 1. The molecule has 0 aliphatic carbocycles. The number of hydrogen-bond acceptors (Lipinski definition) is 3. The fraction of sp³-hybridized carbons (Fsp3) is 0.158. The molecule has 0 amide bonds. The number of rotatable bonds is 4. The van der Waals surface area contributed by atoms with Gasteiger partial charge in [-0.1, -0.05) is 12.1 Å². The third-order valence-electron chi connectivity index (χ3n) is 4.20. The second-order valence-corrected chi connectivity index (χ2v) is 5.97. The van der Waals surface area contributed by atoms with Crippen LogP contribution in [0.4, 0.5) is 17.6 Å². The van der Waals surface area contributed by atoms with Crippen LogP contribution in [0.5, 0.6) is 5.75 Å². The van der Waals surface area contributed by atoms with Gasteiger partial charge in [-0.3, -0.25) is 4.79 Å². The molecule has 1 heterocycles. The molecule has 0 saturated heterocycles. The number of alkyl halides is 3.